The Morgan fingerprint density at radius 2 is 1.88 bits per heavy atom. The minimum absolute atomic E-state index is 0.0691. The molecule has 0 amide bonds. The molecule has 0 aromatic heterocycles. The summed E-state index contributed by atoms with van der Waals surface area (Å²) in [6.07, 6.45) is 1.18. The Morgan fingerprint density at radius 3 is 2.59 bits per heavy atom. The number of halogens is 4. The molecule has 1 saturated carbocycles. The molecule has 1 fully saturated rings. The van der Waals surface area contributed by atoms with Gasteiger partial charge < -0.3 is 10.1 Å². The van der Waals surface area contributed by atoms with Crippen molar-refractivity contribution < 1.29 is 17.9 Å². The highest BCUT2D eigenvalue weighted by molar-refractivity contribution is 6.21. The van der Waals surface area contributed by atoms with Crippen LogP contribution in [0.2, 0.25) is 0 Å². The topological polar surface area (TPSA) is 21.3 Å². The number of rotatable bonds is 5. The van der Waals surface area contributed by atoms with E-state index in [1.54, 1.807) is 0 Å². The van der Waals surface area contributed by atoms with Gasteiger partial charge in [-0.15, -0.1) is 11.6 Å². The predicted molar refractivity (Wildman–Crippen MR) is 61.4 cm³/mol. The van der Waals surface area contributed by atoms with Gasteiger partial charge in [0.1, 0.15) is 6.61 Å². The summed E-state index contributed by atoms with van der Waals surface area (Å²) in [5.74, 6) is 0. The first-order valence-corrected chi connectivity index (χ1v) is 6.44. The molecule has 0 bridgehead atoms. The molecule has 1 rings (SSSR count). The van der Waals surface area contributed by atoms with Gasteiger partial charge in [0.25, 0.3) is 0 Å². The van der Waals surface area contributed by atoms with Crippen LogP contribution in [-0.4, -0.2) is 37.4 Å². The maximum atomic E-state index is 11.8. The standard InChI is InChI=1S/C11H19ClF3NO/c12-9-4-2-1-3-5-10(9)16-6-7-17-8-11(13,14)15/h9-10,16H,1-8H2. The molecule has 0 aromatic carbocycles. The first-order valence-electron chi connectivity index (χ1n) is 6.01. The summed E-state index contributed by atoms with van der Waals surface area (Å²) in [7, 11) is 0. The number of nitrogens with one attached hydrogen (secondary N) is 1. The van der Waals surface area contributed by atoms with Gasteiger partial charge in [-0.25, -0.2) is 0 Å². The van der Waals surface area contributed by atoms with Crippen LogP contribution >= 0.6 is 11.6 Å². The average Bonchev–Trinajstić information content (AvgIpc) is 2.42. The number of alkyl halides is 4. The lowest BCUT2D eigenvalue weighted by molar-refractivity contribution is -0.173. The smallest absolute Gasteiger partial charge is 0.371 e. The number of hydrogen-bond donors (Lipinski definition) is 1. The van der Waals surface area contributed by atoms with E-state index in [-0.39, 0.29) is 18.0 Å². The minimum Gasteiger partial charge on any atom is -0.371 e. The van der Waals surface area contributed by atoms with Crippen LogP contribution in [0, 0.1) is 0 Å². The van der Waals surface area contributed by atoms with E-state index in [0.29, 0.717) is 6.54 Å². The van der Waals surface area contributed by atoms with E-state index in [1.165, 1.54) is 6.42 Å². The number of ether oxygens (including phenoxy) is 1. The van der Waals surface area contributed by atoms with Gasteiger partial charge in [0.2, 0.25) is 0 Å². The summed E-state index contributed by atoms with van der Waals surface area (Å²) >= 11 is 6.19. The third-order valence-electron chi connectivity index (χ3n) is 2.85. The molecule has 0 heterocycles. The van der Waals surface area contributed by atoms with Crippen LogP contribution in [0.25, 0.3) is 0 Å². The van der Waals surface area contributed by atoms with E-state index in [1.807, 2.05) is 0 Å². The molecule has 0 saturated heterocycles. The second-order valence-electron chi connectivity index (χ2n) is 4.38. The number of hydrogen-bond acceptors (Lipinski definition) is 2. The lowest BCUT2D eigenvalue weighted by Gasteiger charge is -2.21. The average molecular weight is 274 g/mol. The van der Waals surface area contributed by atoms with Crippen molar-refractivity contribution in [3.63, 3.8) is 0 Å². The minimum atomic E-state index is -4.24. The predicted octanol–water partition coefficient (Wildman–Crippen LogP) is 3.10. The molecule has 102 valence electrons. The summed E-state index contributed by atoms with van der Waals surface area (Å²) < 4.78 is 39.9. The van der Waals surface area contributed by atoms with Crippen molar-refractivity contribution in [2.45, 2.75) is 49.7 Å². The van der Waals surface area contributed by atoms with E-state index in [4.69, 9.17) is 11.6 Å². The SMILES string of the molecule is FC(F)(F)COCCNC1CCCCCC1Cl. The van der Waals surface area contributed by atoms with E-state index in [0.717, 1.165) is 25.7 Å². The molecule has 2 atom stereocenters. The summed E-state index contributed by atoms with van der Waals surface area (Å²) in [5.41, 5.74) is 0. The van der Waals surface area contributed by atoms with Gasteiger partial charge in [-0.3, -0.25) is 0 Å². The molecular formula is C11H19ClF3NO. The fraction of sp³-hybridized carbons (Fsp3) is 1.00. The molecule has 0 aliphatic heterocycles. The molecule has 0 spiro atoms. The van der Waals surface area contributed by atoms with E-state index in [2.05, 4.69) is 10.1 Å². The summed E-state index contributed by atoms with van der Waals surface area (Å²) in [6, 6.07) is 0.202. The van der Waals surface area contributed by atoms with Crippen LogP contribution in [0.15, 0.2) is 0 Å². The molecule has 1 N–H and O–H groups in total. The van der Waals surface area contributed by atoms with Crippen molar-refractivity contribution in [3.8, 4) is 0 Å². The Labute approximate surface area is 105 Å². The maximum absolute atomic E-state index is 11.8. The van der Waals surface area contributed by atoms with Gasteiger partial charge in [-0.05, 0) is 12.8 Å². The summed E-state index contributed by atoms with van der Waals surface area (Å²) in [4.78, 5) is 0. The molecule has 6 heteroatoms. The van der Waals surface area contributed by atoms with Crippen molar-refractivity contribution >= 4 is 11.6 Å². The third kappa shape index (κ3) is 7.11. The zero-order chi connectivity index (χ0) is 12.7. The highest BCUT2D eigenvalue weighted by Gasteiger charge is 2.27. The molecule has 2 nitrogen and oxygen atoms in total. The Bertz CT molecular complexity index is 213. The van der Waals surface area contributed by atoms with Crippen LogP contribution in [0.3, 0.4) is 0 Å². The summed E-state index contributed by atoms with van der Waals surface area (Å²) in [5, 5.41) is 3.26. The Kier molecular flexibility index (Phi) is 6.59. The van der Waals surface area contributed by atoms with Crippen LogP contribution in [0.1, 0.15) is 32.1 Å². The zero-order valence-corrected chi connectivity index (χ0v) is 10.5. The first-order chi connectivity index (χ1) is 7.99. The quantitative estimate of drug-likeness (QED) is 0.472. The first kappa shape index (κ1) is 15.1. The van der Waals surface area contributed by atoms with Crippen LogP contribution in [0.5, 0.6) is 0 Å². The highest BCUT2D eigenvalue weighted by atomic mass is 35.5. The molecular weight excluding hydrogens is 255 g/mol. The van der Waals surface area contributed by atoms with Crippen LogP contribution in [-0.2, 0) is 4.74 Å². The molecule has 2 unspecified atom stereocenters. The normalized spacial score (nSPS) is 26.8. The fourth-order valence-corrected chi connectivity index (χ4v) is 2.37. The lowest BCUT2D eigenvalue weighted by Crippen LogP contribution is -2.38. The van der Waals surface area contributed by atoms with Crippen molar-refractivity contribution in [1.29, 1.82) is 0 Å². The second kappa shape index (κ2) is 7.44. The Morgan fingerprint density at radius 1 is 1.18 bits per heavy atom. The van der Waals surface area contributed by atoms with Gasteiger partial charge in [0, 0.05) is 18.0 Å². The Hall–Kier alpha value is 0. The maximum Gasteiger partial charge on any atom is 0.411 e. The van der Waals surface area contributed by atoms with E-state index >= 15 is 0 Å². The van der Waals surface area contributed by atoms with Crippen LogP contribution in [0.4, 0.5) is 13.2 Å². The fourth-order valence-electron chi connectivity index (χ4n) is 2.00. The van der Waals surface area contributed by atoms with Gasteiger partial charge in [0.05, 0.1) is 6.61 Å². The summed E-state index contributed by atoms with van der Waals surface area (Å²) in [6.45, 7) is -0.687. The highest BCUT2D eigenvalue weighted by Crippen LogP contribution is 2.22. The van der Waals surface area contributed by atoms with Crippen molar-refractivity contribution in [2.24, 2.45) is 0 Å². The molecule has 0 radical (unpaired) electrons. The molecule has 0 aromatic rings. The largest absolute Gasteiger partial charge is 0.411 e. The van der Waals surface area contributed by atoms with Gasteiger partial charge in [-0.2, -0.15) is 13.2 Å². The second-order valence-corrected chi connectivity index (χ2v) is 4.94. The molecule has 1 aliphatic rings. The van der Waals surface area contributed by atoms with E-state index in [9.17, 15) is 13.2 Å². The molecule has 17 heavy (non-hydrogen) atoms. The van der Waals surface area contributed by atoms with Crippen molar-refractivity contribution in [1.82, 2.24) is 5.32 Å². The van der Waals surface area contributed by atoms with Crippen molar-refractivity contribution in [3.05, 3.63) is 0 Å². The zero-order valence-electron chi connectivity index (χ0n) is 9.73. The van der Waals surface area contributed by atoms with Gasteiger partial charge >= 0.3 is 6.18 Å². The van der Waals surface area contributed by atoms with Crippen molar-refractivity contribution in [2.75, 3.05) is 19.8 Å². The lowest BCUT2D eigenvalue weighted by atomic mass is 10.1. The van der Waals surface area contributed by atoms with Gasteiger partial charge in [0.15, 0.2) is 0 Å². The van der Waals surface area contributed by atoms with Gasteiger partial charge in [-0.1, -0.05) is 19.3 Å². The monoisotopic (exact) mass is 273 g/mol. The third-order valence-corrected chi connectivity index (χ3v) is 3.37. The van der Waals surface area contributed by atoms with Crippen LogP contribution < -0.4 is 5.32 Å². The molecule has 1 aliphatic carbocycles. The van der Waals surface area contributed by atoms with E-state index < -0.39 is 12.8 Å². The Balaban J connectivity index is 2.08.